The number of likely N-dealkylation sites (tertiary alicyclic amines) is 1. The molecule has 1 saturated heterocycles. The maximum Gasteiger partial charge on any atom is 0.224 e. The van der Waals surface area contributed by atoms with Crippen LogP contribution in [0.15, 0.2) is 72.8 Å². The first-order valence-corrected chi connectivity index (χ1v) is 14.7. The van der Waals surface area contributed by atoms with Gasteiger partial charge in [-0.1, -0.05) is 60.7 Å². The highest BCUT2D eigenvalue weighted by Crippen LogP contribution is 2.30. The first-order chi connectivity index (χ1) is 20.1. The predicted molar refractivity (Wildman–Crippen MR) is 164 cm³/mol. The van der Waals surface area contributed by atoms with Gasteiger partial charge in [-0.2, -0.15) is 0 Å². The third-order valence-corrected chi connectivity index (χ3v) is 8.07. The fourth-order valence-electron chi connectivity index (χ4n) is 6.05. The predicted octanol–water partition coefficient (Wildman–Crippen LogP) is 5.55. The van der Waals surface area contributed by atoms with Gasteiger partial charge < -0.3 is 24.7 Å². The van der Waals surface area contributed by atoms with Gasteiger partial charge in [-0.25, -0.2) is 4.98 Å². The van der Waals surface area contributed by atoms with Gasteiger partial charge in [0.15, 0.2) is 0 Å². The lowest BCUT2D eigenvalue weighted by molar-refractivity contribution is -0.132. The molecule has 5 rings (SSSR count). The summed E-state index contributed by atoms with van der Waals surface area (Å²) in [4.78, 5) is 20.4. The van der Waals surface area contributed by atoms with Crippen molar-refractivity contribution in [2.24, 2.45) is 5.73 Å². The van der Waals surface area contributed by atoms with Crippen LogP contribution >= 0.6 is 0 Å². The summed E-state index contributed by atoms with van der Waals surface area (Å²) in [6, 6.07) is 24.9. The number of nitrogens with two attached hydrogens (primary N) is 1. The molecule has 1 aliphatic heterocycles. The number of carbonyl (C=O) groups is 1. The highest BCUT2D eigenvalue weighted by Gasteiger charge is 2.29. The second kappa shape index (κ2) is 13.9. The van der Waals surface area contributed by atoms with Crippen LogP contribution in [0.1, 0.15) is 48.6 Å². The largest absolute Gasteiger partial charge is 0.385 e. The molecule has 2 atom stereocenters. The summed E-state index contributed by atoms with van der Waals surface area (Å²) < 4.78 is 13.0. The van der Waals surface area contributed by atoms with Gasteiger partial charge in [0.1, 0.15) is 5.82 Å². The third-order valence-electron chi connectivity index (χ3n) is 8.07. The van der Waals surface area contributed by atoms with Crippen LogP contribution in [0.3, 0.4) is 0 Å². The Balaban J connectivity index is 1.21. The Morgan fingerprint density at radius 3 is 2.61 bits per heavy atom. The number of rotatable bonds is 12. The third kappa shape index (κ3) is 7.04. The normalized spacial score (nSPS) is 16.3. The van der Waals surface area contributed by atoms with Gasteiger partial charge in [-0.3, -0.25) is 4.79 Å². The lowest BCUT2D eigenvalue weighted by atomic mass is 9.95. The first kappa shape index (κ1) is 29.0. The lowest BCUT2D eigenvalue weighted by Gasteiger charge is -2.33. The SMILES string of the molecule is COCCCn1c([C@@H]2CCCN(C(=O)C[C@H](N)Cc3ccc(-c4ccccc4COC)cc3)C2)nc2ccccc21. The Morgan fingerprint density at radius 1 is 1.02 bits per heavy atom. The Kier molecular flexibility index (Phi) is 9.83. The molecule has 2 heterocycles. The molecule has 1 aliphatic rings. The van der Waals surface area contributed by atoms with Crippen LogP contribution in [0.2, 0.25) is 0 Å². The van der Waals surface area contributed by atoms with Crippen molar-refractivity contribution < 1.29 is 14.3 Å². The summed E-state index contributed by atoms with van der Waals surface area (Å²) in [5, 5.41) is 0. The van der Waals surface area contributed by atoms with Crippen LogP contribution in [-0.4, -0.2) is 60.3 Å². The number of nitrogens with zero attached hydrogens (tertiary/aromatic N) is 3. The average Bonchev–Trinajstić information content (AvgIpc) is 3.37. The monoisotopic (exact) mass is 554 g/mol. The fourth-order valence-corrected chi connectivity index (χ4v) is 6.05. The zero-order valence-electron chi connectivity index (χ0n) is 24.3. The summed E-state index contributed by atoms with van der Waals surface area (Å²) in [5.41, 5.74) is 13.3. The van der Waals surface area contributed by atoms with Gasteiger partial charge in [0.25, 0.3) is 0 Å². The molecule has 0 unspecified atom stereocenters. The second-order valence-corrected chi connectivity index (χ2v) is 11.1. The van der Waals surface area contributed by atoms with E-state index in [1.807, 2.05) is 23.1 Å². The zero-order chi connectivity index (χ0) is 28.6. The summed E-state index contributed by atoms with van der Waals surface area (Å²) in [6.07, 6.45) is 3.94. The van der Waals surface area contributed by atoms with Crippen molar-refractivity contribution in [2.45, 2.75) is 57.2 Å². The summed E-state index contributed by atoms with van der Waals surface area (Å²) >= 11 is 0. The second-order valence-electron chi connectivity index (χ2n) is 11.1. The van der Waals surface area contributed by atoms with Crippen LogP contribution in [0.25, 0.3) is 22.2 Å². The van der Waals surface area contributed by atoms with Gasteiger partial charge in [-0.15, -0.1) is 0 Å². The summed E-state index contributed by atoms with van der Waals surface area (Å²) in [5.74, 6) is 1.43. The molecular weight excluding hydrogens is 512 g/mol. The van der Waals surface area contributed by atoms with Crippen molar-refractivity contribution in [3.63, 3.8) is 0 Å². The molecule has 0 saturated carbocycles. The fraction of sp³-hybridized carbons (Fsp3) is 0.412. The van der Waals surface area contributed by atoms with Crippen LogP contribution in [0, 0.1) is 0 Å². The molecule has 2 N–H and O–H groups in total. The molecule has 0 bridgehead atoms. The Bertz CT molecular complexity index is 1430. The molecule has 216 valence electrons. The van der Waals surface area contributed by atoms with Crippen molar-refractivity contribution in [3.8, 4) is 11.1 Å². The number of methoxy groups -OCH3 is 2. The Hall–Kier alpha value is -3.52. The van der Waals surface area contributed by atoms with E-state index >= 15 is 0 Å². The number of aryl methyl sites for hydroxylation is 1. The summed E-state index contributed by atoms with van der Waals surface area (Å²) in [6.45, 7) is 3.61. The number of carbonyl (C=O) groups excluding carboxylic acids is 1. The number of para-hydroxylation sites is 2. The molecule has 0 aliphatic carbocycles. The standard InChI is InChI=1S/C34H42N4O3/c1-40-20-8-19-38-32-13-6-5-12-31(32)36-34(38)27-10-7-18-37(23-27)33(39)22-29(35)21-25-14-16-26(17-15-25)30-11-4-3-9-28(30)24-41-2/h3-6,9,11-17,27,29H,7-8,10,18-24,35H2,1-2H3/t27-,29-/m1/s1. The lowest BCUT2D eigenvalue weighted by Crippen LogP contribution is -2.42. The maximum atomic E-state index is 13.4. The van der Waals surface area contributed by atoms with E-state index in [1.54, 1.807) is 14.2 Å². The van der Waals surface area contributed by atoms with E-state index in [-0.39, 0.29) is 17.9 Å². The van der Waals surface area contributed by atoms with Crippen LogP contribution < -0.4 is 5.73 Å². The number of aromatic nitrogens is 2. The van der Waals surface area contributed by atoms with Crippen LogP contribution in [0.5, 0.6) is 0 Å². The van der Waals surface area contributed by atoms with Crippen molar-refractivity contribution in [1.82, 2.24) is 14.5 Å². The number of ether oxygens (including phenoxy) is 2. The number of benzene rings is 3. The van der Waals surface area contributed by atoms with Gasteiger partial charge in [0, 0.05) is 58.8 Å². The van der Waals surface area contributed by atoms with Crippen molar-refractivity contribution in [2.75, 3.05) is 33.9 Å². The molecule has 1 fully saturated rings. The van der Waals surface area contributed by atoms with Crippen molar-refractivity contribution in [3.05, 3.63) is 89.7 Å². The minimum Gasteiger partial charge on any atom is -0.385 e. The minimum atomic E-state index is -0.229. The number of imidazole rings is 1. The molecule has 7 heteroatoms. The molecule has 7 nitrogen and oxygen atoms in total. The average molecular weight is 555 g/mol. The number of piperidine rings is 1. The first-order valence-electron chi connectivity index (χ1n) is 14.7. The van der Waals surface area contributed by atoms with Crippen LogP contribution in [0.4, 0.5) is 0 Å². The van der Waals surface area contributed by atoms with Gasteiger partial charge in [0.2, 0.25) is 5.91 Å². The number of hydrogen-bond acceptors (Lipinski definition) is 5. The Morgan fingerprint density at radius 2 is 1.80 bits per heavy atom. The van der Waals surface area contributed by atoms with E-state index in [0.717, 1.165) is 65.9 Å². The number of amides is 1. The van der Waals surface area contributed by atoms with Gasteiger partial charge in [0.05, 0.1) is 17.6 Å². The smallest absolute Gasteiger partial charge is 0.224 e. The van der Waals surface area contributed by atoms with E-state index in [0.29, 0.717) is 32.6 Å². The quantitative estimate of drug-likeness (QED) is 0.232. The number of hydrogen-bond donors (Lipinski definition) is 1. The van der Waals surface area contributed by atoms with E-state index in [9.17, 15) is 4.79 Å². The van der Waals surface area contributed by atoms with Crippen molar-refractivity contribution >= 4 is 16.9 Å². The van der Waals surface area contributed by atoms with E-state index in [1.165, 1.54) is 5.56 Å². The van der Waals surface area contributed by atoms with Crippen molar-refractivity contribution in [1.29, 1.82) is 0 Å². The van der Waals surface area contributed by atoms with Gasteiger partial charge in [-0.05, 0) is 60.1 Å². The zero-order valence-corrected chi connectivity index (χ0v) is 24.3. The van der Waals surface area contributed by atoms with E-state index in [4.69, 9.17) is 20.2 Å². The topological polar surface area (TPSA) is 82.6 Å². The molecule has 41 heavy (non-hydrogen) atoms. The molecule has 1 amide bonds. The molecule has 4 aromatic rings. The van der Waals surface area contributed by atoms with Crippen LogP contribution in [-0.2, 0) is 33.8 Å². The summed E-state index contributed by atoms with van der Waals surface area (Å²) in [7, 11) is 3.45. The highest BCUT2D eigenvalue weighted by atomic mass is 16.5. The Labute approximate surface area is 243 Å². The number of fused-ring (bicyclic) bond motifs is 1. The van der Waals surface area contributed by atoms with Gasteiger partial charge >= 0.3 is 0 Å². The molecule has 1 aromatic heterocycles. The molecule has 0 radical (unpaired) electrons. The molecular formula is C34H42N4O3. The molecule has 3 aromatic carbocycles. The minimum absolute atomic E-state index is 0.134. The highest BCUT2D eigenvalue weighted by molar-refractivity contribution is 5.78. The molecule has 0 spiro atoms. The maximum absolute atomic E-state index is 13.4. The van der Waals surface area contributed by atoms with E-state index in [2.05, 4.69) is 59.2 Å². The van der Waals surface area contributed by atoms with E-state index < -0.39 is 0 Å².